The molecule has 0 radical (unpaired) electrons. The van der Waals surface area contributed by atoms with Gasteiger partial charge in [-0.05, 0) is 89.9 Å². The predicted octanol–water partition coefficient (Wildman–Crippen LogP) is 20.7. The summed E-state index contributed by atoms with van der Waals surface area (Å²) in [5.41, 5.74) is 0. The average molecular weight is 1000 g/mol. The van der Waals surface area contributed by atoms with Gasteiger partial charge in [0.1, 0.15) is 13.2 Å². The summed E-state index contributed by atoms with van der Waals surface area (Å²) in [4.78, 5) is 37.8. The zero-order valence-electron chi connectivity index (χ0n) is 47.4. The Morgan fingerprint density at radius 3 is 0.861 bits per heavy atom. The van der Waals surface area contributed by atoms with Gasteiger partial charge in [-0.1, -0.05) is 273 Å². The van der Waals surface area contributed by atoms with Crippen molar-refractivity contribution in [2.24, 2.45) is 0 Å². The highest BCUT2D eigenvalue weighted by atomic mass is 16.6. The summed E-state index contributed by atoms with van der Waals surface area (Å²) in [7, 11) is 0. The molecule has 0 N–H and O–H groups in total. The fourth-order valence-corrected chi connectivity index (χ4v) is 8.63. The van der Waals surface area contributed by atoms with Gasteiger partial charge in [-0.2, -0.15) is 0 Å². The van der Waals surface area contributed by atoms with Gasteiger partial charge in [-0.15, -0.1) is 0 Å². The molecule has 1 atom stereocenters. The molecule has 0 saturated heterocycles. The van der Waals surface area contributed by atoms with E-state index in [1.54, 1.807) is 0 Å². The van der Waals surface area contributed by atoms with Crippen LogP contribution in [0.2, 0.25) is 0 Å². The summed E-state index contributed by atoms with van der Waals surface area (Å²) in [6.45, 7) is 6.34. The molecule has 414 valence electrons. The van der Waals surface area contributed by atoms with Crippen molar-refractivity contribution in [1.82, 2.24) is 0 Å². The lowest BCUT2D eigenvalue weighted by Gasteiger charge is -2.18. The van der Waals surface area contributed by atoms with E-state index < -0.39 is 6.10 Å². The fraction of sp³-hybridized carbons (Fsp3) is 0.742. The molecule has 1 unspecified atom stereocenters. The lowest BCUT2D eigenvalue weighted by Crippen LogP contribution is -2.30. The second kappa shape index (κ2) is 60.1. The molecule has 0 spiro atoms. The SMILES string of the molecule is CC/C=C\C/C=C\C/C=C\C/C=C\CCCCCCCCCCCCCCCCCCCCCCCCC(=O)OCC(COC(=O)CCCCCCCC)OC(=O)CCCCC/C=C\C/C=C\C/C=C\CC. The molecule has 0 bridgehead atoms. The van der Waals surface area contributed by atoms with Crippen molar-refractivity contribution in [1.29, 1.82) is 0 Å². The van der Waals surface area contributed by atoms with Crippen molar-refractivity contribution in [3.05, 3.63) is 85.1 Å². The first-order valence-electron chi connectivity index (χ1n) is 30.6. The summed E-state index contributed by atoms with van der Waals surface area (Å²) >= 11 is 0. The number of allylic oxidation sites excluding steroid dienone is 14. The van der Waals surface area contributed by atoms with Crippen LogP contribution in [0.4, 0.5) is 0 Å². The molecule has 72 heavy (non-hydrogen) atoms. The Bertz CT molecular complexity index is 1380. The van der Waals surface area contributed by atoms with E-state index >= 15 is 0 Å². The highest BCUT2D eigenvalue weighted by molar-refractivity contribution is 5.71. The van der Waals surface area contributed by atoms with E-state index in [0.717, 1.165) is 109 Å². The van der Waals surface area contributed by atoms with Crippen LogP contribution in [0.5, 0.6) is 0 Å². The number of hydrogen-bond donors (Lipinski definition) is 0. The van der Waals surface area contributed by atoms with Crippen LogP contribution in [0.1, 0.15) is 297 Å². The van der Waals surface area contributed by atoms with Gasteiger partial charge in [0.2, 0.25) is 0 Å². The molecule has 6 nitrogen and oxygen atoms in total. The van der Waals surface area contributed by atoms with Crippen molar-refractivity contribution in [2.75, 3.05) is 13.2 Å². The molecule has 0 aromatic rings. The minimum Gasteiger partial charge on any atom is -0.462 e. The zero-order chi connectivity index (χ0) is 52.2. The number of carbonyl (C=O) groups excluding carboxylic acids is 3. The third kappa shape index (κ3) is 57.5. The minimum absolute atomic E-state index is 0.0845. The van der Waals surface area contributed by atoms with Gasteiger partial charge >= 0.3 is 17.9 Å². The average Bonchev–Trinajstić information content (AvgIpc) is 3.38. The maximum absolute atomic E-state index is 12.7. The van der Waals surface area contributed by atoms with Crippen LogP contribution in [0, 0.1) is 0 Å². The van der Waals surface area contributed by atoms with Crippen molar-refractivity contribution in [3.63, 3.8) is 0 Å². The van der Waals surface area contributed by atoms with E-state index in [4.69, 9.17) is 14.2 Å². The monoisotopic (exact) mass is 1000 g/mol. The number of carbonyl (C=O) groups is 3. The molecule has 0 aromatic carbocycles. The first-order valence-corrected chi connectivity index (χ1v) is 30.6. The van der Waals surface area contributed by atoms with E-state index in [9.17, 15) is 14.4 Å². The molecule has 0 aliphatic carbocycles. The van der Waals surface area contributed by atoms with Crippen molar-refractivity contribution >= 4 is 17.9 Å². The molecule has 0 amide bonds. The van der Waals surface area contributed by atoms with Crippen molar-refractivity contribution in [3.8, 4) is 0 Å². The second-order valence-electron chi connectivity index (χ2n) is 20.2. The maximum atomic E-state index is 12.7. The van der Waals surface area contributed by atoms with Crippen LogP contribution in [0.15, 0.2) is 85.1 Å². The topological polar surface area (TPSA) is 78.9 Å². The Kier molecular flexibility index (Phi) is 57.3. The number of hydrogen-bond acceptors (Lipinski definition) is 6. The van der Waals surface area contributed by atoms with Gasteiger partial charge in [-0.3, -0.25) is 14.4 Å². The van der Waals surface area contributed by atoms with Crippen LogP contribution in [0.25, 0.3) is 0 Å². The van der Waals surface area contributed by atoms with Gasteiger partial charge in [0.15, 0.2) is 6.10 Å². The van der Waals surface area contributed by atoms with Crippen LogP contribution >= 0.6 is 0 Å². The molecular formula is C66H114O6. The first kappa shape index (κ1) is 68.6. The van der Waals surface area contributed by atoms with Crippen LogP contribution in [0.3, 0.4) is 0 Å². The normalized spacial score (nSPS) is 12.7. The standard InChI is InChI=1S/C66H114O6/c1-4-7-10-13-16-18-20-22-23-24-25-26-27-28-29-30-31-32-33-34-35-36-37-38-39-40-41-42-43-45-46-48-50-53-56-59-65(68)71-62-63(61-70-64(67)58-55-52-15-12-9-6-3)72-66(69)60-57-54-51-49-47-44-21-19-17-14-11-8-5-2/h7-8,10-11,16-19,22-23,25-26,44,47,63H,4-6,9,12-15,20-21,24,27-43,45-46,48-62H2,1-3H3/b10-7-,11-8-,18-16-,19-17-,23-22-,26-25-,47-44-. The highest BCUT2D eigenvalue weighted by Crippen LogP contribution is 2.17. The third-order valence-corrected chi connectivity index (χ3v) is 13.1. The molecule has 0 saturated carbocycles. The number of unbranched alkanes of at least 4 members (excludes halogenated alkanes) is 30. The quantitative estimate of drug-likeness (QED) is 0.0261. The summed E-state index contributed by atoms with van der Waals surface area (Å²) in [5.74, 6) is -0.917. The van der Waals surface area contributed by atoms with E-state index in [1.165, 1.54) is 148 Å². The zero-order valence-corrected chi connectivity index (χ0v) is 47.4. The molecule has 0 aliphatic rings. The fourth-order valence-electron chi connectivity index (χ4n) is 8.63. The Labute approximate surface area is 445 Å². The van der Waals surface area contributed by atoms with Crippen LogP contribution < -0.4 is 0 Å². The minimum atomic E-state index is -0.785. The second-order valence-corrected chi connectivity index (χ2v) is 20.2. The largest absolute Gasteiger partial charge is 0.462 e. The summed E-state index contributed by atoms with van der Waals surface area (Å²) in [6, 6.07) is 0. The lowest BCUT2D eigenvalue weighted by atomic mass is 10.0. The summed E-state index contributed by atoms with van der Waals surface area (Å²) in [5, 5.41) is 0. The van der Waals surface area contributed by atoms with Crippen LogP contribution in [-0.4, -0.2) is 37.2 Å². The van der Waals surface area contributed by atoms with Crippen LogP contribution in [-0.2, 0) is 28.6 Å². The van der Waals surface area contributed by atoms with Gasteiger partial charge in [-0.25, -0.2) is 0 Å². The molecule has 0 aromatic heterocycles. The predicted molar refractivity (Wildman–Crippen MR) is 311 cm³/mol. The molecule has 6 heteroatoms. The van der Waals surface area contributed by atoms with Gasteiger partial charge in [0.05, 0.1) is 0 Å². The summed E-state index contributed by atoms with van der Waals surface area (Å²) < 4.78 is 16.7. The van der Waals surface area contributed by atoms with Gasteiger partial charge in [0.25, 0.3) is 0 Å². The maximum Gasteiger partial charge on any atom is 0.306 e. The third-order valence-electron chi connectivity index (χ3n) is 13.1. The smallest absolute Gasteiger partial charge is 0.306 e. The van der Waals surface area contributed by atoms with Gasteiger partial charge in [0, 0.05) is 19.3 Å². The molecule has 0 fully saturated rings. The number of rotatable bonds is 55. The first-order chi connectivity index (χ1) is 35.5. The Morgan fingerprint density at radius 1 is 0.292 bits per heavy atom. The molecule has 0 aliphatic heterocycles. The highest BCUT2D eigenvalue weighted by Gasteiger charge is 2.19. The molecule has 0 heterocycles. The van der Waals surface area contributed by atoms with E-state index in [0.29, 0.717) is 19.3 Å². The Hall–Kier alpha value is -3.41. The van der Waals surface area contributed by atoms with E-state index in [2.05, 4.69) is 106 Å². The van der Waals surface area contributed by atoms with Crippen molar-refractivity contribution < 1.29 is 28.6 Å². The summed E-state index contributed by atoms with van der Waals surface area (Å²) in [6.07, 6.45) is 79.4. The van der Waals surface area contributed by atoms with Gasteiger partial charge < -0.3 is 14.2 Å². The van der Waals surface area contributed by atoms with Crippen molar-refractivity contribution in [2.45, 2.75) is 303 Å². The van der Waals surface area contributed by atoms with E-state index in [1.807, 2.05) is 0 Å². The number of ether oxygens (including phenoxy) is 3. The molecular weight excluding hydrogens is 889 g/mol. The lowest BCUT2D eigenvalue weighted by molar-refractivity contribution is -0.167. The van der Waals surface area contributed by atoms with E-state index in [-0.39, 0.29) is 31.1 Å². The Morgan fingerprint density at radius 2 is 0.542 bits per heavy atom. The Balaban J connectivity index is 3.90. The number of esters is 3. The molecule has 0 rings (SSSR count).